The summed E-state index contributed by atoms with van der Waals surface area (Å²) in [7, 11) is 0. The Balaban J connectivity index is 3.82. The van der Waals surface area contributed by atoms with Gasteiger partial charge in [-0.15, -0.1) is 33.2 Å². The lowest BCUT2D eigenvalue weighted by molar-refractivity contribution is -0.141. The highest BCUT2D eigenvalue weighted by molar-refractivity contribution is 7.64. The van der Waals surface area contributed by atoms with Gasteiger partial charge in [0.2, 0.25) is 0 Å². The zero-order valence-corrected chi connectivity index (χ0v) is 9.79. The van der Waals surface area contributed by atoms with Crippen LogP contribution in [0.2, 0.25) is 6.04 Å². The monoisotopic (exact) mass is 246 g/mol. The summed E-state index contributed by atoms with van der Waals surface area (Å²) in [5.41, 5.74) is 0. The van der Waals surface area contributed by atoms with Crippen LogP contribution in [0.15, 0.2) is 12.7 Å². The third-order valence-electron chi connectivity index (χ3n) is 1.00. The number of rotatable bonds is 4. The van der Waals surface area contributed by atoms with Crippen molar-refractivity contribution in [3.05, 3.63) is 12.7 Å². The third-order valence-corrected chi connectivity index (χ3v) is 3.43. The predicted octanol–water partition coefficient (Wildman–Crippen LogP) is 2.76. The van der Waals surface area contributed by atoms with Crippen molar-refractivity contribution in [1.29, 1.82) is 0 Å². The van der Waals surface area contributed by atoms with Crippen LogP contribution in [0, 0.1) is 0 Å². The second-order valence-electron chi connectivity index (χ2n) is 2.27. The molecule has 70 valence electrons. The first kappa shape index (κ1) is 12.3. The van der Waals surface area contributed by atoms with E-state index in [1.54, 1.807) is 6.92 Å². The molecular formula is C6H9Cl3O2Si. The Hall–Kier alpha value is 0.297. The molecule has 6 heteroatoms. The molecule has 0 saturated carbocycles. The van der Waals surface area contributed by atoms with Gasteiger partial charge in [-0.3, -0.25) is 0 Å². The molecule has 0 rings (SSSR count). The normalized spacial score (nSPS) is 13.7. The minimum atomic E-state index is -2.69. The van der Waals surface area contributed by atoms with Crippen molar-refractivity contribution < 1.29 is 9.53 Å². The molecule has 0 aliphatic heterocycles. The molecule has 0 aromatic heterocycles. The topological polar surface area (TPSA) is 26.3 Å². The summed E-state index contributed by atoms with van der Waals surface area (Å²) in [5.74, 6) is -0.495. The van der Waals surface area contributed by atoms with Gasteiger partial charge in [0.1, 0.15) is 6.10 Å². The molecule has 0 spiro atoms. The lowest BCUT2D eigenvalue weighted by Gasteiger charge is -2.14. The molecule has 0 amide bonds. The van der Waals surface area contributed by atoms with E-state index in [0.29, 0.717) is 6.04 Å². The van der Waals surface area contributed by atoms with Crippen molar-refractivity contribution in [3.8, 4) is 0 Å². The van der Waals surface area contributed by atoms with Crippen LogP contribution in [-0.4, -0.2) is 18.1 Å². The highest BCUT2D eigenvalue weighted by atomic mass is 35.8. The average Bonchev–Trinajstić information content (AvgIpc) is 1.82. The van der Waals surface area contributed by atoms with Crippen molar-refractivity contribution in [3.63, 3.8) is 0 Å². The Morgan fingerprint density at radius 3 is 2.50 bits per heavy atom. The van der Waals surface area contributed by atoms with E-state index >= 15 is 0 Å². The molecule has 2 nitrogen and oxygen atoms in total. The van der Waals surface area contributed by atoms with Gasteiger partial charge in [-0.1, -0.05) is 6.58 Å². The van der Waals surface area contributed by atoms with E-state index in [2.05, 4.69) is 6.58 Å². The van der Waals surface area contributed by atoms with Crippen LogP contribution in [0.4, 0.5) is 0 Å². The van der Waals surface area contributed by atoms with Gasteiger partial charge in [-0.2, -0.15) is 0 Å². The van der Waals surface area contributed by atoms with Crippen LogP contribution in [0.1, 0.15) is 6.92 Å². The van der Waals surface area contributed by atoms with Crippen LogP contribution < -0.4 is 0 Å². The molecule has 0 heterocycles. The van der Waals surface area contributed by atoms with Gasteiger partial charge in [0.25, 0.3) is 0 Å². The van der Waals surface area contributed by atoms with Crippen molar-refractivity contribution in [2.45, 2.75) is 19.1 Å². The predicted molar refractivity (Wildman–Crippen MR) is 53.9 cm³/mol. The number of hydrogen-bond donors (Lipinski definition) is 0. The van der Waals surface area contributed by atoms with Gasteiger partial charge in [-0.25, -0.2) is 4.79 Å². The summed E-state index contributed by atoms with van der Waals surface area (Å²) in [6, 6.07) is -2.39. The van der Waals surface area contributed by atoms with E-state index in [0.717, 1.165) is 6.08 Å². The summed E-state index contributed by atoms with van der Waals surface area (Å²) in [5, 5.41) is 0. The molecule has 12 heavy (non-hydrogen) atoms. The van der Waals surface area contributed by atoms with Gasteiger partial charge >= 0.3 is 12.0 Å². The molecule has 0 bridgehead atoms. The van der Waals surface area contributed by atoms with E-state index in [9.17, 15) is 4.79 Å². The summed E-state index contributed by atoms with van der Waals surface area (Å²) < 4.78 is 4.80. The lowest BCUT2D eigenvalue weighted by atomic mass is 10.5. The molecule has 0 aromatic carbocycles. The highest BCUT2D eigenvalue weighted by Crippen LogP contribution is 2.27. The highest BCUT2D eigenvalue weighted by Gasteiger charge is 2.29. The Kier molecular flexibility index (Phi) is 5.25. The average molecular weight is 248 g/mol. The van der Waals surface area contributed by atoms with Crippen molar-refractivity contribution in [2.75, 3.05) is 0 Å². The molecule has 0 aliphatic carbocycles. The summed E-state index contributed by atoms with van der Waals surface area (Å²) in [6.45, 7) is 4.92. The SMILES string of the molecule is C=CC(=O)OC(C)C[Si](Cl)(Cl)Cl. The number of halogens is 3. The Morgan fingerprint density at radius 2 is 2.17 bits per heavy atom. The molecule has 0 N–H and O–H groups in total. The minimum Gasteiger partial charge on any atom is -0.460 e. The number of carbonyl (C=O) groups excluding carboxylic acids is 1. The first-order valence-corrected chi connectivity index (χ1v) is 8.49. The van der Waals surface area contributed by atoms with Crippen LogP contribution in [0.3, 0.4) is 0 Å². The quantitative estimate of drug-likeness (QED) is 0.330. The van der Waals surface area contributed by atoms with Crippen molar-refractivity contribution >= 4 is 45.2 Å². The molecule has 1 atom stereocenters. The van der Waals surface area contributed by atoms with E-state index < -0.39 is 12.0 Å². The second kappa shape index (κ2) is 5.12. The maximum absolute atomic E-state index is 10.7. The smallest absolute Gasteiger partial charge is 0.344 e. The van der Waals surface area contributed by atoms with E-state index in [-0.39, 0.29) is 6.10 Å². The van der Waals surface area contributed by atoms with Crippen molar-refractivity contribution in [2.24, 2.45) is 0 Å². The number of carbonyl (C=O) groups is 1. The molecular weight excluding hydrogens is 239 g/mol. The molecule has 0 aliphatic rings. The zero-order chi connectivity index (χ0) is 9.78. The first-order chi connectivity index (χ1) is 5.35. The first-order valence-electron chi connectivity index (χ1n) is 3.25. The Bertz CT molecular complexity index is 178. The van der Waals surface area contributed by atoms with Crippen LogP contribution in [0.5, 0.6) is 0 Å². The van der Waals surface area contributed by atoms with Gasteiger partial charge in [0.15, 0.2) is 0 Å². The summed E-state index contributed by atoms with van der Waals surface area (Å²) in [4.78, 5) is 10.7. The Morgan fingerprint density at radius 1 is 1.67 bits per heavy atom. The molecule has 0 saturated heterocycles. The number of hydrogen-bond acceptors (Lipinski definition) is 2. The van der Waals surface area contributed by atoms with Crippen molar-refractivity contribution in [1.82, 2.24) is 0 Å². The molecule has 0 radical (unpaired) electrons. The van der Waals surface area contributed by atoms with Crippen LogP contribution in [-0.2, 0) is 9.53 Å². The van der Waals surface area contributed by atoms with Crippen LogP contribution in [0.25, 0.3) is 0 Å². The zero-order valence-electron chi connectivity index (χ0n) is 6.52. The van der Waals surface area contributed by atoms with Gasteiger partial charge in [0.05, 0.1) is 0 Å². The van der Waals surface area contributed by atoms with E-state index in [1.165, 1.54) is 0 Å². The Labute approximate surface area is 86.6 Å². The fourth-order valence-corrected chi connectivity index (χ4v) is 3.30. The van der Waals surface area contributed by atoms with Gasteiger partial charge in [-0.05, 0) is 6.92 Å². The van der Waals surface area contributed by atoms with Gasteiger partial charge < -0.3 is 4.74 Å². The standard InChI is InChI=1S/C6H9Cl3O2Si/c1-3-6(10)11-5(2)4-12(7,8)9/h3,5H,1,4H2,2H3. The largest absolute Gasteiger partial charge is 0.460 e. The number of ether oxygens (including phenoxy) is 1. The second-order valence-corrected chi connectivity index (χ2v) is 11.5. The molecule has 0 aromatic rings. The van der Waals surface area contributed by atoms with Crippen LogP contribution >= 0.6 is 33.2 Å². The maximum atomic E-state index is 10.7. The molecule has 0 fully saturated rings. The summed E-state index contributed by atoms with van der Waals surface area (Å²) in [6.07, 6.45) is 0.714. The molecule has 1 unspecified atom stereocenters. The summed E-state index contributed by atoms with van der Waals surface area (Å²) >= 11 is 16.8. The maximum Gasteiger partial charge on any atom is 0.344 e. The third kappa shape index (κ3) is 6.97. The number of esters is 1. The fraction of sp³-hybridized carbons (Fsp3) is 0.500. The van der Waals surface area contributed by atoms with E-state index in [1.807, 2.05) is 0 Å². The van der Waals surface area contributed by atoms with Gasteiger partial charge in [0, 0.05) is 12.1 Å². The lowest BCUT2D eigenvalue weighted by Crippen LogP contribution is -2.22. The van der Waals surface area contributed by atoms with E-state index in [4.69, 9.17) is 38.0 Å². The minimum absolute atomic E-state index is 0.303. The fourth-order valence-electron chi connectivity index (χ4n) is 0.614.